The second-order valence-electron chi connectivity index (χ2n) is 8.65. The maximum Gasteiger partial charge on any atom is 0.332 e. The summed E-state index contributed by atoms with van der Waals surface area (Å²) in [6.07, 6.45) is 5.37. The van der Waals surface area contributed by atoms with Gasteiger partial charge in [0.05, 0.1) is 35.7 Å². The molecule has 35 heavy (non-hydrogen) atoms. The number of anilines is 1. The highest BCUT2D eigenvalue weighted by atomic mass is 32.2. The van der Waals surface area contributed by atoms with E-state index in [1.165, 1.54) is 33.8 Å². The van der Waals surface area contributed by atoms with Crippen LogP contribution < -0.4 is 15.6 Å². The number of hydrogen-bond donors (Lipinski definition) is 0. The molecule has 14 heteroatoms. The number of aryl methyl sites for hydroxylation is 2. The Labute approximate surface area is 200 Å². The monoisotopic (exact) mass is 501 g/mol. The molecule has 0 amide bonds. The van der Waals surface area contributed by atoms with Crippen molar-refractivity contribution in [2.75, 3.05) is 11.0 Å². The molecule has 1 atom stereocenters. The van der Waals surface area contributed by atoms with Crippen LogP contribution in [-0.2, 0) is 38.5 Å². The fourth-order valence-corrected chi connectivity index (χ4v) is 5.06. The minimum absolute atomic E-state index is 0.0316. The molecule has 1 fully saturated rings. The van der Waals surface area contributed by atoms with Gasteiger partial charge in [-0.3, -0.25) is 31.8 Å². The van der Waals surface area contributed by atoms with Crippen LogP contribution in [0.5, 0.6) is 0 Å². The Morgan fingerprint density at radius 3 is 2.51 bits per heavy atom. The number of halogens is 1. The molecule has 12 nitrogen and oxygen atoms in total. The number of alkyl halides is 1. The standard InChI is InChI=1S/C21H23FN8O4S/c1-26-9-14(8-24-26)10-29-19(31)16-7-15(30(35(33)34)21(12-22)5-6-21)3-4-17(16)28(20(29)32)11-18-23-13-25-27(18)2/h3-4,7-9,13H,5-6,10-12H2,1-2H3,(H,33,34)/p-1. The number of benzene rings is 1. The van der Waals surface area contributed by atoms with E-state index in [4.69, 9.17) is 0 Å². The number of aromatic nitrogens is 7. The van der Waals surface area contributed by atoms with Crippen LogP contribution in [0, 0.1) is 0 Å². The van der Waals surface area contributed by atoms with Gasteiger partial charge in [0.2, 0.25) is 0 Å². The molecule has 0 aliphatic heterocycles. The zero-order valence-electron chi connectivity index (χ0n) is 19.0. The molecular formula is C21H22FN8O4S-. The van der Waals surface area contributed by atoms with Crippen LogP contribution in [0.25, 0.3) is 10.9 Å². The van der Waals surface area contributed by atoms with E-state index >= 15 is 0 Å². The van der Waals surface area contributed by atoms with Gasteiger partial charge < -0.3 is 4.55 Å². The molecule has 0 N–H and O–H groups in total. The Kier molecular flexibility index (Phi) is 5.63. The number of nitrogens with zero attached hydrogens (tertiary/aromatic N) is 8. The lowest BCUT2D eigenvalue weighted by Crippen LogP contribution is -2.42. The van der Waals surface area contributed by atoms with E-state index in [-0.39, 0.29) is 24.2 Å². The van der Waals surface area contributed by atoms with Crippen molar-refractivity contribution in [2.45, 2.75) is 31.5 Å². The number of fused-ring (bicyclic) bond motifs is 1. The second kappa shape index (κ2) is 8.53. The van der Waals surface area contributed by atoms with Crippen LogP contribution in [0.4, 0.5) is 10.1 Å². The SMILES string of the molecule is Cn1cc(Cn2c(=O)c3cc(N(S(=O)[O-])C4(CF)CC4)ccc3n(Cc3ncnn3C)c2=O)cn1. The van der Waals surface area contributed by atoms with Crippen LogP contribution in [0.1, 0.15) is 24.2 Å². The highest BCUT2D eigenvalue weighted by Crippen LogP contribution is 2.45. The predicted molar refractivity (Wildman–Crippen MR) is 124 cm³/mol. The minimum atomic E-state index is -2.75. The summed E-state index contributed by atoms with van der Waals surface area (Å²) in [6, 6.07) is 4.38. The van der Waals surface area contributed by atoms with Gasteiger partial charge in [0.25, 0.3) is 5.56 Å². The van der Waals surface area contributed by atoms with Crippen LogP contribution >= 0.6 is 0 Å². The summed E-state index contributed by atoms with van der Waals surface area (Å²) in [7, 11) is 3.41. The lowest BCUT2D eigenvalue weighted by molar-refractivity contribution is 0.411. The summed E-state index contributed by atoms with van der Waals surface area (Å²) >= 11 is -2.75. The maximum absolute atomic E-state index is 13.7. The average molecular weight is 502 g/mol. The van der Waals surface area contributed by atoms with Gasteiger partial charge in [-0.2, -0.15) is 10.2 Å². The van der Waals surface area contributed by atoms with E-state index in [0.717, 1.165) is 8.87 Å². The van der Waals surface area contributed by atoms with Crippen molar-refractivity contribution in [2.24, 2.45) is 14.1 Å². The molecule has 1 aliphatic rings. The molecule has 1 aliphatic carbocycles. The van der Waals surface area contributed by atoms with E-state index in [9.17, 15) is 22.7 Å². The molecule has 0 bridgehead atoms. The Bertz CT molecular complexity index is 1570. The minimum Gasteiger partial charge on any atom is -0.755 e. The normalized spacial score (nSPS) is 15.4. The fraction of sp³-hybridized carbons (Fsp3) is 0.381. The fourth-order valence-electron chi connectivity index (χ4n) is 4.22. The zero-order chi connectivity index (χ0) is 24.9. The highest BCUT2D eigenvalue weighted by Gasteiger charge is 2.49. The van der Waals surface area contributed by atoms with E-state index in [1.807, 2.05) is 0 Å². The summed E-state index contributed by atoms with van der Waals surface area (Å²) < 4.78 is 44.3. The zero-order valence-corrected chi connectivity index (χ0v) is 19.8. The van der Waals surface area contributed by atoms with Gasteiger partial charge >= 0.3 is 5.69 Å². The molecule has 3 heterocycles. The molecule has 4 aromatic rings. The van der Waals surface area contributed by atoms with E-state index in [0.29, 0.717) is 29.7 Å². The Morgan fingerprint density at radius 2 is 1.94 bits per heavy atom. The quantitative estimate of drug-likeness (QED) is 0.315. The molecule has 0 saturated heterocycles. The topological polar surface area (TPSA) is 136 Å². The largest absolute Gasteiger partial charge is 0.755 e. The van der Waals surface area contributed by atoms with Crippen LogP contribution in [0.3, 0.4) is 0 Å². The first-order valence-corrected chi connectivity index (χ1v) is 11.8. The Morgan fingerprint density at radius 1 is 1.17 bits per heavy atom. The Balaban J connectivity index is 1.73. The highest BCUT2D eigenvalue weighted by molar-refractivity contribution is 7.80. The van der Waals surface area contributed by atoms with Gasteiger partial charge in [0, 0.05) is 42.8 Å². The lowest BCUT2D eigenvalue weighted by atomic mass is 10.2. The van der Waals surface area contributed by atoms with Crippen molar-refractivity contribution < 1.29 is 13.2 Å². The summed E-state index contributed by atoms with van der Waals surface area (Å²) in [5.41, 5.74) is -1.18. The van der Waals surface area contributed by atoms with Crippen LogP contribution in [0.2, 0.25) is 0 Å². The number of rotatable bonds is 8. The van der Waals surface area contributed by atoms with Crippen molar-refractivity contribution >= 4 is 27.9 Å². The van der Waals surface area contributed by atoms with Gasteiger partial charge in [-0.15, -0.1) is 0 Å². The van der Waals surface area contributed by atoms with Crippen molar-refractivity contribution in [3.05, 3.63) is 69.1 Å². The van der Waals surface area contributed by atoms with Gasteiger partial charge in [-0.25, -0.2) is 14.2 Å². The number of hydrogen-bond acceptors (Lipinski definition) is 7. The van der Waals surface area contributed by atoms with E-state index in [1.54, 1.807) is 31.2 Å². The van der Waals surface area contributed by atoms with Gasteiger partial charge in [0.1, 0.15) is 18.8 Å². The second-order valence-corrected chi connectivity index (χ2v) is 9.45. The average Bonchev–Trinajstić information content (AvgIpc) is 3.33. The molecule has 184 valence electrons. The van der Waals surface area contributed by atoms with Crippen molar-refractivity contribution in [3.8, 4) is 0 Å². The van der Waals surface area contributed by atoms with Crippen molar-refractivity contribution in [1.82, 2.24) is 33.7 Å². The van der Waals surface area contributed by atoms with Crippen molar-refractivity contribution in [3.63, 3.8) is 0 Å². The summed E-state index contributed by atoms with van der Waals surface area (Å²) in [5, 5.41) is 8.25. The molecule has 0 radical (unpaired) electrons. The third kappa shape index (κ3) is 3.97. The van der Waals surface area contributed by atoms with Gasteiger partial charge in [-0.05, 0) is 31.0 Å². The summed E-state index contributed by atoms with van der Waals surface area (Å²) in [6.45, 7) is -0.837. The van der Waals surface area contributed by atoms with Gasteiger partial charge in [0.15, 0.2) is 0 Å². The van der Waals surface area contributed by atoms with E-state index in [2.05, 4.69) is 15.2 Å². The lowest BCUT2D eigenvalue weighted by Gasteiger charge is -2.33. The van der Waals surface area contributed by atoms with E-state index < -0.39 is 34.7 Å². The first-order valence-electron chi connectivity index (χ1n) is 10.8. The predicted octanol–water partition coefficient (Wildman–Crippen LogP) is 0.224. The maximum atomic E-state index is 13.7. The summed E-state index contributed by atoms with van der Waals surface area (Å²) in [5.74, 6) is 0.487. The molecule has 5 rings (SSSR count). The van der Waals surface area contributed by atoms with Crippen molar-refractivity contribution in [1.29, 1.82) is 0 Å². The molecule has 0 spiro atoms. The van der Waals surface area contributed by atoms with Crippen LogP contribution in [-0.4, -0.2) is 54.7 Å². The molecule has 1 saturated carbocycles. The van der Waals surface area contributed by atoms with Gasteiger partial charge in [-0.1, -0.05) is 0 Å². The summed E-state index contributed by atoms with van der Waals surface area (Å²) in [4.78, 5) is 31.2. The molecular weight excluding hydrogens is 479 g/mol. The molecule has 3 aromatic heterocycles. The first-order chi connectivity index (χ1) is 16.7. The smallest absolute Gasteiger partial charge is 0.332 e. The first kappa shape index (κ1) is 23.1. The van der Waals surface area contributed by atoms with Crippen LogP contribution in [0.15, 0.2) is 46.5 Å². The molecule has 1 aromatic carbocycles. The molecule has 1 unspecified atom stereocenters. The third-order valence-corrected chi connectivity index (χ3v) is 7.20. The third-order valence-electron chi connectivity index (χ3n) is 6.30. The Hall–Kier alpha value is -3.65.